The van der Waals surface area contributed by atoms with Crippen molar-refractivity contribution >= 4 is 5.91 Å². The minimum atomic E-state index is 0.303. The Hall–Kier alpha value is -1.35. The average Bonchev–Trinajstić information content (AvgIpc) is 2.54. The molecule has 0 atom stereocenters. The van der Waals surface area contributed by atoms with Gasteiger partial charge in [0.2, 0.25) is 5.91 Å². The molecule has 1 fully saturated rings. The van der Waals surface area contributed by atoms with Crippen molar-refractivity contribution < 1.29 is 4.79 Å². The molecule has 0 saturated carbocycles. The second kappa shape index (κ2) is 8.94. The van der Waals surface area contributed by atoms with Gasteiger partial charge in [0.15, 0.2) is 0 Å². The summed E-state index contributed by atoms with van der Waals surface area (Å²) in [5.74, 6) is 1.03. The number of nitrogens with zero attached hydrogens (tertiary/aromatic N) is 2. The molecular formula is C19H30N2O. The molecule has 1 amide bonds. The summed E-state index contributed by atoms with van der Waals surface area (Å²) >= 11 is 0. The second-order valence-electron chi connectivity index (χ2n) is 6.61. The summed E-state index contributed by atoms with van der Waals surface area (Å²) in [7, 11) is 2.05. The molecule has 3 heteroatoms. The van der Waals surface area contributed by atoms with Crippen LogP contribution in [0.5, 0.6) is 0 Å². The molecule has 0 radical (unpaired) electrons. The van der Waals surface area contributed by atoms with Crippen LogP contribution >= 0.6 is 0 Å². The highest BCUT2D eigenvalue weighted by atomic mass is 16.2. The first-order valence-electron chi connectivity index (χ1n) is 8.69. The molecule has 0 spiro atoms. The molecule has 1 saturated heterocycles. The molecule has 0 aromatic heterocycles. The zero-order valence-corrected chi connectivity index (χ0v) is 14.1. The van der Waals surface area contributed by atoms with Crippen LogP contribution in [0.4, 0.5) is 0 Å². The summed E-state index contributed by atoms with van der Waals surface area (Å²) in [5, 5.41) is 0. The molecule has 1 aromatic rings. The van der Waals surface area contributed by atoms with Gasteiger partial charge in [-0.1, -0.05) is 43.7 Å². The largest absolute Gasteiger partial charge is 0.342 e. The van der Waals surface area contributed by atoms with Crippen molar-refractivity contribution in [3.63, 3.8) is 0 Å². The number of carbonyl (C=O) groups is 1. The Bertz CT molecular complexity index is 438. The first kappa shape index (κ1) is 17.0. The van der Waals surface area contributed by atoms with E-state index < -0.39 is 0 Å². The molecule has 3 nitrogen and oxygen atoms in total. The van der Waals surface area contributed by atoms with Gasteiger partial charge in [0.25, 0.3) is 0 Å². The van der Waals surface area contributed by atoms with E-state index in [-0.39, 0.29) is 0 Å². The minimum Gasteiger partial charge on any atom is -0.342 e. The van der Waals surface area contributed by atoms with E-state index in [9.17, 15) is 4.79 Å². The molecule has 122 valence electrons. The Morgan fingerprint density at radius 2 is 1.91 bits per heavy atom. The van der Waals surface area contributed by atoms with Crippen LogP contribution < -0.4 is 0 Å². The number of hydrogen-bond acceptors (Lipinski definition) is 2. The van der Waals surface area contributed by atoms with E-state index in [0.717, 1.165) is 44.8 Å². The lowest BCUT2D eigenvalue weighted by molar-refractivity contribution is -0.133. The highest BCUT2D eigenvalue weighted by Crippen LogP contribution is 2.21. The van der Waals surface area contributed by atoms with Crippen molar-refractivity contribution in [1.29, 1.82) is 0 Å². The Morgan fingerprint density at radius 3 is 2.55 bits per heavy atom. The summed E-state index contributed by atoms with van der Waals surface area (Å²) in [6.45, 7) is 5.64. The Balaban J connectivity index is 1.71. The molecule has 0 bridgehead atoms. The molecule has 1 aliphatic rings. The van der Waals surface area contributed by atoms with E-state index >= 15 is 0 Å². The average molecular weight is 302 g/mol. The number of piperidine rings is 1. The van der Waals surface area contributed by atoms with Gasteiger partial charge >= 0.3 is 0 Å². The molecule has 2 rings (SSSR count). The van der Waals surface area contributed by atoms with Crippen LogP contribution in [0, 0.1) is 5.92 Å². The van der Waals surface area contributed by atoms with E-state index in [1.54, 1.807) is 0 Å². The van der Waals surface area contributed by atoms with Gasteiger partial charge in [0.1, 0.15) is 0 Å². The van der Waals surface area contributed by atoms with Crippen LogP contribution in [0.15, 0.2) is 30.3 Å². The third-order valence-corrected chi connectivity index (χ3v) is 4.63. The Kier molecular flexibility index (Phi) is 6.91. The molecule has 0 N–H and O–H groups in total. The zero-order chi connectivity index (χ0) is 15.8. The van der Waals surface area contributed by atoms with Crippen molar-refractivity contribution in [2.75, 3.05) is 33.2 Å². The monoisotopic (exact) mass is 302 g/mol. The highest BCUT2D eigenvalue weighted by Gasteiger charge is 2.23. The van der Waals surface area contributed by atoms with Gasteiger partial charge in [-0.25, -0.2) is 0 Å². The fraction of sp³-hybridized carbons (Fsp3) is 0.632. The normalized spacial score (nSPS) is 16.2. The van der Waals surface area contributed by atoms with Crippen molar-refractivity contribution in [3.8, 4) is 0 Å². The van der Waals surface area contributed by atoms with Crippen LogP contribution in [0.25, 0.3) is 0 Å². The summed E-state index contributed by atoms with van der Waals surface area (Å²) in [6, 6.07) is 10.7. The van der Waals surface area contributed by atoms with E-state index in [1.165, 1.54) is 18.4 Å². The van der Waals surface area contributed by atoms with Crippen molar-refractivity contribution in [3.05, 3.63) is 35.9 Å². The van der Waals surface area contributed by atoms with Gasteiger partial charge in [-0.05, 0) is 50.8 Å². The number of likely N-dealkylation sites (N-methyl/N-ethyl adjacent to an activating group) is 1. The summed E-state index contributed by atoms with van der Waals surface area (Å²) < 4.78 is 0. The van der Waals surface area contributed by atoms with Crippen LogP contribution in [-0.4, -0.2) is 48.9 Å². The molecular weight excluding hydrogens is 272 g/mol. The first-order valence-corrected chi connectivity index (χ1v) is 8.69. The highest BCUT2D eigenvalue weighted by molar-refractivity contribution is 5.78. The number of likely N-dealkylation sites (tertiary alicyclic amines) is 1. The van der Waals surface area contributed by atoms with Gasteiger partial charge in [-0.2, -0.15) is 0 Å². The smallest absolute Gasteiger partial charge is 0.236 e. The standard InChI is InChI=1S/C19H30N2O/c1-3-4-12-20(2)16-19(22)21-13-10-18(11-14-21)15-17-8-6-5-7-9-17/h5-9,18H,3-4,10-16H2,1-2H3. The quantitative estimate of drug-likeness (QED) is 0.772. The summed E-state index contributed by atoms with van der Waals surface area (Å²) in [5.41, 5.74) is 1.42. The van der Waals surface area contributed by atoms with Crippen LogP contribution in [0.1, 0.15) is 38.2 Å². The third-order valence-electron chi connectivity index (χ3n) is 4.63. The van der Waals surface area contributed by atoms with Crippen molar-refractivity contribution in [2.24, 2.45) is 5.92 Å². The Labute approximate surface area is 135 Å². The molecule has 22 heavy (non-hydrogen) atoms. The van der Waals surface area contributed by atoms with Crippen molar-refractivity contribution in [1.82, 2.24) is 9.80 Å². The summed E-state index contributed by atoms with van der Waals surface area (Å²) in [6.07, 6.45) is 5.78. The third kappa shape index (κ3) is 5.45. The SMILES string of the molecule is CCCCN(C)CC(=O)N1CCC(Cc2ccccc2)CC1. The van der Waals surface area contributed by atoms with Gasteiger partial charge in [0, 0.05) is 13.1 Å². The van der Waals surface area contributed by atoms with Crippen molar-refractivity contribution in [2.45, 2.75) is 39.0 Å². The lowest BCUT2D eigenvalue weighted by Gasteiger charge is -2.33. The fourth-order valence-electron chi connectivity index (χ4n) is 3.17. The maximum Gasteiger partial charge on any atom is 0.236 e. The lowest BCUT2D eigenvalue weighted by Crippen LogP contribution is -2.43. The maximum atomic E-state index is 12.3. The number of carbonyl (C=O) groups excluding carboxylic acids is 1. The number of rotatable bonds is 7. The first-order chi connectivity index (χ1) is 10.7. The molecule has 1 aliphatic heterocycles. The molecule has 1 heterocycles. The van der Waals surface area contributed by atoms with Gasteiger partial charge < -0.3 is 4.90 Å². The molecule has 0 unspecified atom stereocenters. The van der Waals surface area contributed by atoms with E-state index in [1.807, 2.05) is 0 Å². The number of benzene rings is 1. The van der Waals surface area contributed by atoms with E-state index in [0.29, 0.717) is 12.5 Å². The maximum absolute atomic E-state index is 12.3. The second-order valence-corrected chi connectivity index (χ2v) is 6.61. The topological polar surface area (TPSA) is 23.6 Å². The number of amides is 1. The molecule has 0 aliphatic carbocycles. The van der Waals surface area contributed by atoms with Crippen LogP contribution in [0.2, 0.25) is 0 Å². The predicted octanol–water partition coefficient (Wildman–Crippen LogP) is 3.20. The predicted molar refractivity (Wildman–Crippen MR) is 91.9 cm³/mol. The Morgan fingerprint density at radius 1 is 1.23 bits per heavy atom. The number of unbranched alkanes of at least 4 members (excludes halogenated alkanes) is 1. The van der Waals surface area contributed by atoms with Crippen LogP contribution in [0.3, 0.4) is 0 Å². The van der Waals surface area contributed by atoms with Gasteiger partial charge in [-0.15, -0.1) is 0 Å². The lowest BCUT2D eigenvalue weighted by atomic mass is 9.90. The zero-order valence-electron chi connectivity index (χ0n) is 14.1. The van der Waals surface area contributed by atoms with E-state index in [2.05, 4.69) is 54.1 Å². The number of hydrogen-bond donors (Lipinski definition) is 0. The molecule has 1 aromatic carbocycles. The fourth-order valence-corrected chi connectivity index (χ4v) is 3.17. The summed E-state index contributed by atoms with van der Waals surface area (Å²) in [4.78, 5) is 16.5. The van der Waals surface area contributed by atoms with Crippen LogP contribution in [-0.2, 0) is 11.2 Å². The minimum absolute atomic E-state index is 0.303. The van der Waals surface area contributed by atoms with Gasteiger partial charge in [0.05, 0.1) is 6.54 Å². The van der Waals surface area contributed by atoms with E-state index in [4.69, 9.17) is 0 Å². The van der Waals surface area contributed by atoms with Gasteiger partial charge in [-0.3, -0.25) is 9.69 Å².